The number of hydrogen-bond donors (Lipinski definition) is 1. The summed E-state index contributed by atoms with van der Waals surface area (Å²) < 4.78 is 6.01. The molecule has 0 bridgehead atoms. The molecule has 4 nitrogen and oxygen atoms in total. The van der Waals surface area contributed by atoms with E-state index in [1.165, 1.54) is 25.7 Å². The van der Waals surface area contributed by atoms with E-state index in [0.717, 1.165) is 30.4 Å². The Morgan fingerprint density at radius 3 is 2.48 bits per heavy atom. The maximum Gasteiger partial charge on any atom is 0.153 e. The predicted octanol–water partition coefficient (Wildman–Crippen LogP) is 3.98. The quantitative estimate of drug-likeness (QED) is 0.806. The Labute approximate surface area is 128 Å². The Kier molecular flexibility index (Phi) is 5.48. The minimum absolute atomic E-state index is 0.0204. The molecule has 2 N–H and O–H groups in total. The van der Waals surface area contributed by atoms with E-state index in [9.17, 15) is 0 Å². The first-order valence-electron chi connectivity index (χ1n) is 8.05. The molecule has 0 saturated carbocycles. The van der Waals surface area contributed by atoms with Gasteiger partial charge in [0.25, 0.3) is 0 Å². The largest absolute Gasteiger partial charge is 0.480 e. The first-order valence-corrected chi connectivity index (χ1v) is 8.05. The number of unbranched alkanes of at least 4 members (excludes halogenated alkanes) is 2. The highest BCUT2D eigenvalue weighted by atomic mass is 16.5. The molecule has 0 spiro atoms. The predicted molar refractivity (Wildman–Crippen MR) is 89.4 cm³/mol. The lowest BCUT2D eigenvalue weighted by atomic mass is 10.2. The third kappa shape index (κ3) is 3.90. The average molecular weight is 289 g/mol. The second kappa shape index (κ2) is 7.34. The fourth-order valence-corrected chi connectivity index (χ4v) is 2.54. The molecule has 1 aliphatic rings. The minimum Gasteiger partial charge on any atom is -0.480 e. The summed E-state index contributed by atoms with van der Waals surface area (Å²) in [5.74, 6) is 1.84. The molecule has 1 aliphatic heterocycles. The molecule has 0 fully saturated rings. The number of benzene rings is 1. The van der Waals surface area contributed by atoms with Crippen molar-refractivity contribution in [3.8, 4) is 5.75 Å². The second-order valence-corrected chi connectivity index (χ2v) is 5.65. The van der Waals surface area contributed by atoms with E-state index in [1.807, 2.05) is 18.2 Å². The summed E-state index contributed by atoms with van der Waals surface area (Å²) in [6.07, 6.45) is 4.73. The van der Waals surface area contributed by atoms with Crippen LogP contribution in [-0.2, 0) is 0 Å². The summed E-state index contributed by atoms with van der Waals surface area (Å²) in [7, 11) is 0. The van der Waals surface area contributed by atoms with Crippen LogP contribution in [0.5, 0.6) is 5.75 Å². The first kappa shape index (κ1) is 15.7. The van der Waals surface area contributed by atoms with Gasteiger partial charge >= 0.3 is 0 Å². The molecular formula is C17H27N3O. The second-order valence-electron chi connectivity index (χ2n) is 5.65. The smallest absolute Gasteiger partial charge is 0.153 e. The lowest BCUT2D eigenvalue weighted by Crippen LogP contribution is -2.42. The average Bonchev–Trinajstić information content (AvgIpc) is 2.47. The molecule has 1 aromatic carbocycles. The fourth-order valence-electron chi connectivity index (χ4n) is 2.54. The summed E-state index contributed by atoms with van der Waals surface area (Å²) >= 11 is 0. The number of ether oxygens (including phenoxy) is 1. The number of nitrogens with zero attached hydrogens (tertiary/aromatic N) is 2. The Morgan fingerprint density at radius 2 is 1.86 bits per heavy atom. The monoisotopic (exact) mass is 289 g/mol. The summed E-state index contributed by atoms with van der Waals surface area (Å²) in [5, 5.41) is 0. The molecular weight excluding hydrogens is 262 g/mol. The van der Waals surface area contributed by atoms with Gasteiger partial charge in [-0.3, -0.25) is 0 Å². The molecule has 4 heteroatoms. The molecule has 1 aromatic rings. The van der Waals surface area contributed by atoms with Gasteiger partial charge in [0.05, 0.1) is 0 Å². The normalized spacial score (nSPS) is 16.9. The van der Waals surface area contributed by atoms with Crippen molar-refractivity contribution in [3.05, 3.63) is 18.2 Å². The lowest BCUT2D eigenvalue weighted by Gasteiger charge is -2.32. The first-order chi connectivity index (χ1) is 10.2. The third-order valence-electron chi connectivity index (χ3n) is 3.77. The molecule has 0 radical (unpaired) electrons. The topological polar surface area (TPSA) is 50.8 Å². The van der Waals surface area contributed by atoms with Crippen molar-refractivity contribution in [2.24, 2.45) is 4.99 Å². The number of hydrogen-bond acceptors (Lipinski definition) is 4. The van der Waals surface area contributed by atoms with Crippen LogP contribution in [0.15, 0.2) is 23.2 Å². The maximum atomic E-state index is 6.01. The Morgan fingerprint density at radius 1 is 1.19 bits per heavy atom. The van der Waals surface area contributed by atoms with E-state index in [1.54, 1.807) is 0 Å². The third-order valence-corrected chi connectivity index (χ3v) is 3.77. The maximum absolute atomic E-state index is 6.01. The fraction of sp³-hybridized carbons (Fsp3) is 0.588. The van der Waals surface area contributed by atoms with Gasteiger partial charge in [0, 0.05) is 24.8 Å². The van der Waals surface area contributed by atoms with Crippen molar-refractivity contribution < 1.29 is 4.74 Å². The van der Waals surface area contributed by atoms with Gasteiger partial charge in [0.2, 0.25) is 0 Å². The molecule has 0 saturated heterocycles. The lowest BCUT2D eigenvalue weighted by molar-refractivity contribution is 0.251. The molecule has 0 aliphatic carbocycles. The minimum atomic E-state index is -0.0204. The van der Waals surface area contributed by atoms with Crippen LogP contribution in [0.25, 0.3) is 0 Å². The van der Waals surface area contributed by atoms with Crippen LogP contribution >= 0.6 is 0 Å². The number of nitrogen functional groups attached to an aromatic ring is 1. The van der Waals surface area contributed by atoms with Crippen molar-refractivity contribution >= 4 is 17.2 Å². The van der Waals surface area contributed by atoms with Gasteiger partial charge in [-0.2, -0.15) is 0 Å². The number of amidine groups is 1. The number of rotatable bonds is 6. The van der Waals surface area contributed by atoms with Gasteiger partial charge in [-0.1, -0.05) is 26.7 Å². The van der Waals surface area contributed by atoms with E-state index in [-0.39, 0.29) is 6.10 Å². The number of anilines is 1. The van der Waals surface area contributed by atoms with Crippen molar-refractivity contribution in [1.82, 2.24) is 4.90 Å². The van der Waals surface area contributed by atoms with E-state index < -0.39 is 0 Å². The molecule has 1 heterocycles. The summed E-state index contributed by atoms with van der Waals surface area (Å²) in [6.45, 7) is 8.61. The molecule has 1 unspecified atom stereocenters. The van der Waals surface area contributed by atoms with Crippen LogP contribution in [0.4, 0.5) is 11.4 Å². The van der Waals surface area contributed by atoms with Crippen molar-refractivity contribution in [2.75, 3.05) is 18.8 Å². The van der Waals surface area contributed by atoms with E-state index >= 15 is 0 Å². The van der Waals surface area contributed by atoms with Crippen LogP contribution in [0.2, 0.25) is 0 Å². The molecule has 1 atom stereocenters. The number of fused-ring (bicyclic) bond motifs is 1. The van der Waals surface area contributed by atoms with Crippen LogP contribution in [-0.4, -0.2) is 29.9 Å². The van der Waals surface area contributed by atoms with Crippen molar-refractivity contribution in [1.29, 1.82) is 0 Å². The van der Waals surface area contributed by atoms with Gasteiger partial charge in [-0.15, -0.1) is 0 Å². The number of nitrogens with two attached hydrogens (primary N) is 1. The van der Waals surface area contributed by atoms with Crippen LogP contribution < -0.4 is 10.5 Å². The van der Waals surface area contributed by atoms with Gasteiger partial charge in [-0.25, -0.2) is 4.99 Å². The molecule has 0 amide bonds. The van der Waals surface area contributed by atoms with Gasteiger partial charge in [0.15, 0.2) is 6.10 Å². The highest BCUT2D eigenvalue weighted by Gasteiger charge is 2.25. The molecule has 116 valence electrons. The van der Waals surface area contributed by atoms with E-state index in [0.29, 0.717) is 5.69 Å². The summed E-state index contributed by atoms with van der Waals surface area (Å²) in [5.41, 5.74) is 7.41. The van der Waals surface area contributed by atoms with Gasteiger partial charge < -0.3 is 15.4 Å². The zero-order valence-electron chi connectivity index (χ0n) is 13.4. The summed E-state index contributed by atoms with van der Waals surface area (Å²) in [6, 6.07) is 5.67. The zero-order chi connectivity index (χ0) is 15.2. The van der Waals surface area contributed by atoms with Crippen LogP contribution in [0, 0.1) is 0 Å². The number of aliphatic imine (C=N–C) groups is 1. The Hall–Kier alpha value is -1.71. The SMILES string of the molecule is CCCCN(CCCC)C1=Nc2ccc(N)cc2OC1C. The van der Waals surface area contributed by atoms with Gasteiger partial charge in [-0.05, 0) is 31.9 Å². The van der Waals surface area contributed by atoms with Gasteiger partial charge in [0.1, 0.15) is 17.3 Å². The summed E-state index contributed by atoms with van der Waals surface area (Å²) in [4.78, 5) is 7.22. The Bertz CT molecular complexity index is 491. The van der Waals surface area contributed by atoms with Crippen LogP contribution in [0.1, 0.15) is 46.5 Å². The molecule has 21 heavy (non-hydrogen) atoms. The highest BCUT2D eigenvalue weighted by molar-refractivity contribution is 5.91. The van der Waals surface area contributed by atoms with Crippen LogP contribution in [0.3, 0.4) is 0 Å². The van der Waals surface area contributed by atoms with E-state index in [4.69, 9.17) is 15.5 Å². The standard InChI is InChI=1S/C17H27N3O/c1-4-6-10-20(11-7-5-2)17-13(3)21-16-12-14(18)8-9-15(16)19-17/h8-9,12-13H,4-7,10-11,18H2,1-3H3. The zero-order valence-corrected chi connectivity index (χ0v) is 13.4. The van der Waals surface area contributed by atoms with E-state index in [2.05, 4.69) is 25.7 Å². The molecule has 2 rings (SSSR count). The van der Waals surface area contributed by atoms with Crippen molar-refractivity contribution in [3.63, 3.8) is 0 Å². The molecule has 0 aromatic heterocycles. The Balaban J connectivity index is 2.23. The highest BCUT2D eigenvalue weighted by Crippen LogP contribution is 2.34. The van der Waals surface area contributed by atoms with Crippen molar-refractivity contribution in [2.45, 2.75) is 52.6 Å².